The number of ether oxygens (including phenoxy) is 2. The average molecular weight is 438 g/mol. The Kier molecular flexibility index (Phi) is 4.96. The Hall–Kier alpha value is -1.47. The predicted molar refractivity (Wildman–Crippen MR) is 101 cm³/mol. The van der Waals surface area contributed by atoms with Gasteiger partial charge >= 0.3 is 0 Å². The molecule has 5 heteroatoms. The molecular formula is C18H15IO3S. The molecule has 0 amide bonds. The predicted octanol–water partition coefficient (Wildman–Crippen LogP) is 5.03. The number of hydrogen-bond acceptors (Lipinski definition) is 4. The lowest BCUT2D eigenvalue weighted by Gasteiger charge is -2.12. The first-order valence-electron chi connectivity index (χ1n) is 7.17. The van der Waals surface area contributed by atoms with E-state index < -0.39 is 0 Å². The molecule has 0 saturated carbocycles. The number of methoxy groups -OCH3 is 1. The quantitative estimate of drug-likeness (QED) is 0.496. The SMILES string of the molecule is CCOc1c(I)cc(/C=C2\Sc3ccccc3C2=O)cc1OC. The minimum absolute atomic E-state index is 0.0773. The van der Waals surface area contributed by atoms with Crippen LogP contribution in [0.5, 0.6) is 11.5 Å². The zero-order chi connectivity index (χ0) is 16.4. The first-order valence-corrected chi connectivity index (χ1v) is 9.07. The van der Waals surface area contributed by atoms with E-state index in [-0.39, 0.29) is 5.78 Å². The standard InChI is InChI=1S/C18H15IO3S/c1-3-22-18-13(19)8-11(9-14(18)21-2)10-16-17(20)12-6-4-5-7-15(12)23-16/h4-10H,3H2,1-2H3/b16-10-. The maximum Gasteiger partial charge on any atom is 0.200 e. The highest BCUT2D eigenvalue weighted by Gasteiger charge is 2.25. The van der Waals surface area contributed by atoms with Crippen molar-refractivity contribution in [2.45, 2.75) is 11.8 Å². The molecule has 1 aliphatic heterocycles. The van der Waals surface area contributed by atoms with Crippen LogP contribution in [0.2, 0.25) is 0 Å². The van der Waals surface area contributed by atoms with Crippen LogP contribution in [0.1, 0.15) is 22.8 Å². The summed E-state index contributed by atoms with van der Waals surface area (Å²) < 4.78 is 12.0. The maximum absolute atomic E-state index is 12.5. The molecule has 3 nitrogen and oxygen atoms in total. The van der Waals surface area contributed by atoms with Crippen LogP contribution in [0.15, 0.2) is 46.2 Å². The molecule has 2 aromatic carbocycles. The summed E-state index contributed by atoms with van der Waals surface area (Å²) in [5.74, 6) is 1.50. The van der Waals surface area contributed by atoms with E-state index >= 15 is 0 Å². The topological polar surface area (TPSA) is 35.5 Å². The lowest BCUT2D eigenvalue weighted by Crippen LogP contribution is -1.99. The Balaban J connectivity index is 1.98. The number of hydrogen-bond donors (Lipinski definition) is 0. The van der Waals surface area contributed by atoms with Crippen molar-refractivity contribution in [1.29, 1.82) is 0 Å². The summed E-state index contributed by atoms with van der Waals surface area (Å²) in [7, 11) is 1.62. The monoisotopic (exact) mass is 438 g/mol. The third-order valence-electron chi connectivity index (χ3n) is 3.41. The molecule has 3 rings (SSSR count). The number of carbonyl (C=O) groups is 1. The molecule has 0 radical (unpaired) electrons. The van der Waals surface area contributed by atoms with Gasteiger partial charge in [-0.3, -0.25) is 4.79 Å². The molecule has 0 atom stereocenters. The fourth-order valence-corrected chi connectivity index (χ4v) is 4.23. The van der Waals surface area contributed by atoms with E-state index in [1.54, 1.807) is 7.11 Å². The first kappa shape index (κ1) is 16.4. The minimum Gasteiger partial charge on any atom is -0.493 e. The van der Waals surface area contributed by atoms with Crippen LogP contribution in [0, 0.1) is 3.57 Å². The van der Waals surface area contributed by atoms with Crippen LogP contribution in [0.3, 0.4) is 0 Å². The highest BCUT2D eigenvalue weighted by Crippen LogP contribution is 2.41. The number of Topliss-reactive ketones (excluding diaryl/α,β-unsaturated/α-hetero) is 1. The van der Waals surface area contributed by atoms with Crippen molar-refractivity contribution < 1.29 is 14.3 Å². The molecule has 0 unspecified atom stereocenters. The summed E-state index contributed by atoms with van der Waals surface area (Å²) in [5, 5.41) is 0. The Morgan fingerprint density at radius 3 is 2.74 bits per heavy atom. The van der Waals surface area contributed by atoms with E-state index in [2.05, 4.69) is 22.6 Å². The fourth-order valence-electron chi connectivity index (χ4n) is 2.39. The summed E-state index contributed by atoms with van der Waals surface area (Å²) in [5.41, 5.74) is 1.70. The molecule has 23 heavy (non-hydrogen) atoms. The smallest absolute Gasteiger partial charge is 0.200 e. The van der Waals surface area contributed by atoms with E-state index in [0.29, 0.717) is 12.4 Å². The van der Waals surface area contributed by atoms with E-state index in [1.807, 2.05) is 49.4 Å². The third kappa shape index (κ3) is 3.26. The number of ketones is 1. The van der Waals surface area contributed by atoms with Gasteiger partial charge in [0.25, 0.3) is 0 Å². The Labute approximate surface area is 153 Å². The molecule has 0 spiro atoms. The number of carbonyl (C=O) groups excluding carboxylic acids is 1. The van der Waals surface area contributed by atoms with Crippen LogP contribution in [-0.2, 0) is 0 Å². The number of rotatable bonds is 4. The second-order valence-corrected chi connectivity index (χ2v) is 7.15. The lowest BCUT2D eigenvalue weighted by atomic mass is 10.1. The normalized spacial score (nSPS) is 14.9. The first-order chi connectivity index (χ1) is 11.1. The number of allylic oxidation sites excluding steroid dienone is 1. The van der Waals surface area contributed by atoms with E-state index in [1.165, 1.54) is 11.8 Å². The van der Waals surface area contributed by atoms with Crippen molar-refractivity contribution in [2.24, 2.45) is 0 Å². The van der Waals surface area contributed by atoms with Crippen LogP contribution < -0.4 is 9.47 Å². The summed E-state index contributed by atoms with van der Waals surface area (Å²) in [6.45, 7) is 2.52. The minimum atomic E-state index is 0.0773. The van der Waals surface area contributed by atoms with Crippen LogP contribution in [0.25, 0.3) is 6.08 Å². The van der Waals surface area contributed by atoms with Crippen molar-refractivity contribution in [1.82, 2.24) is 0 Å². The Morgan fingerprint density at radius 1 is 1.26 bits per heavy atom. The Morgan fingerprint density at radius 2 is 2.04 bits per heavy atom. The summed E-state index contributed by atoms with van der Waals surface area (Å²) in [4.78, 5) is 14.2. The largest absolute Gasteiger partial charge is 0.493 e. The number of benzene rings is 2. The molecule has 1 aliphatic rings. The number of thioether (sulfide) groups is 1. The molecule has 0 aliphatic carbocycles. The third-order valence-corrected chi connectivity index (χ3v) is 5.31. The molecule has 0 N–H and O–H groups in total. The second-order valence-electron chi connectivity index (χ2n) is 4.90. The molecule has 0 aromatic heterocycles. The van der Waals surface area contributed by atoms with Gasteiger partial charge in [0.2, 0.25) is 5.78 Å². The van der Waals surface area contributed by atoms with E-state index in [4.69, 9.17) is 9.47 Å². The number of halogens is 1. The molecular weight excluding hydrogens is 423 g/mol. The molecule has 1 heterocycles. The van der Waals surface area contributed by atoms with Gasteiger partial charge in [0.05, 0.1) is 22.2 Å². The molecule has 0 bridgehead atoms. The fraction of sp³-hybridized carbons (Fsp3) is 0.167. The number of fused-ring (bicyclic) bond motifs is 1. The zero-order valence-corrected chi connectivity index (χ0v) is 15.7. The highest BCUT2D eigenvalue weighted by molar-refractivity contribution is 14.1. The molecule has 0 fully saturated rings. The van der Waals surface area contributed by atoms with Crippen LogP contribution in [-0.4, -0.2) is 19.5 Å². The van der Waals surface area contributed by atoms with Gasteiger partial charge in [-0.05, 0) is 65.4 Å². The van der Waals surface area contributed by atoms with Gasteiger partial charge in [-0.25, -0.2) is 0 Å². The maximum atomic E-state index is 12.5. The van der Waals surface area contributed by atoms with Crippen LogP contribution >= 0.6 is 34.4 Å². The highest BCUT2D eigenvalue weighted by atomic mass is 127. The van der Waals surface area contributed by atoms with E-state index in [9.17, 15) is 4.79 Å². The summed E-state index contributed by atoms with van der Waals surface area (Å²) in [6, 6.07) is 11.6. The second kappa shape index (κ2) is 6.97. The molecule has 0 saturated heterocycles. The van der Waals surface area contributed by atoms with Gasteiger partial charge in [-0.2, -0.15) is 0 Å². The van der Waals surface area contributed by atoms with Crippen molar-refractivity contribution in [3.63, 3.8) is 0 Å². The molecule has 118 valence electrons. The van der Waals surface area contributed by atoms with Crippen molar-refractivity contribution in [3.8, 4) is 11.5 Å². The zero-order valence-electron chi connectivity index (χ0n) is 12.8. The average Bonchev–Trinajstić information content (AvgIpc) is 2.86. The summed E-state index contributed by atoms with van der Waals surface area (Å²) >= 11 is 3.73. The van der Waals surface area contributed by atoms with Gasteiger partial charge < -0.3 is 9.47 Å². The Bertz CT molecular complexity index is 799. The van der Waals surface area contributed by atoms with Gasteiger partial charge in [-0.1, -0.05) is 23.9 Å². The van der Waals surface area contributed by atoms with Gasteiger partial charge in [0.15, 0.2) is 11.5 Å². The molecule has 2 aromatic rings. The van der Waals surface area contributed by atoms with E-state index in [0.717, 1.165) is 30.2 Å². The van der Waals surface area contributed by atoms with Crippen molar-refractivity contribution in [2.75, 3.05) is 13.7 Å². The van der Waals surface area contributed by atoms with Crippen molar-refractivity contribution >= 4 is 46.2 Å². The van der Waals surface area contributed by atoms with Gasteiger partial charge in [-0.15, -0.1) is 0 Å². The lowest BCUT2D eigenvalue weighted by molar-refractivity contribution is 0.104. The van der Waals surface area contributed by atoms with Crippen molar-refractivity contribution in [3.05, 3.63) is 56.0 Å². The van der Waals surface area contributed by atoms with Gasteiger partial charge in [0, 0.05) is 10.5 Å². The summed E-state index contributed by atoms with van der Waals surface area (Å²) in [6.07, 6.45) is 1.91. The van der Waals surface area contributed by atoms with Gasteiger partial charge in [0.1, 0.15) is 0 Å². The van der Waals surface area contributed by atoms with Crippen LogP contribution in [0.4, 0.5) is 0 Å².